The summed E-state index contributed by atoms with van der Waals surface area (Å²) < 4.78 is 21.5. The van der Waals surface area contributed by atoms with Crippen molar-refractivity contribution in [3.8, 4) is 23.0 Å². The molecular formula is C23H28O7. The van der Waals surface area contributed by atoms with E-state index in [1.165, 1.54) is 13.2 Å². The first-order valence-corrected chi connectivity index (χ1v) is 9.62. The second-order valence-electron chi connectivity index (χ2n) is 6.99. The highest BCUT2D eigenvalue weighted by Crippen LogP contribution is 2.37. The van der Waals surface area contributed by atoms with Crippen molar-refractivity contribution in [1.29, 1.82) is 0 Å². The van der Waals surface area contributed by atoms with Gasteiger partial charge < -0.3 is 24.1 Å². The number of ether oxygens (including phenoxy) is 4. The molecule has 7 heteroatoms. The number of phenols is 1. The van der Waals surface area contributed by atoms with Crippen molar-refractivity contribution in [1.82, 2.24) is 0 Å². The Balaban J connectivity index is 2.46. The molecule has 2 aromatic rings. The number of benzene rings is 2. The van der Waals surface area contributed by atoms with E-state index < -0.39 is 11.9 Å². The largest absolute Gasteiger partial charge is 0.507 e. The number of aryl methyl sites for hydroxylation is 2. The average Bonchev–Trinajstić information content (AvgIpc) is 2.71. The number of phenolic OH excluding ortho intramolecular Hbond substituents is 1. The smallest absolute Gasteiger partial charge is 0.347 e. The lowest BCUT2D eigenvalue weighted by Gasteiger charge is -2.18. The molecule has 0 heterocycles. The van der Waals surface area contributed by atoms with Gasteiger partial charge in [-0.25, -0.2) is 9.59 Å². The van der Waals surface area contributed by atoms with Gasteiger partial charge in [-0.05, 0) is 57.4 Å². The monoisotopic (exact) mass is 416 g/mol. The molecule has 0 bridgehead atoms. The fourth-order valence-corrected chi connectivity index (χ4v) is 3.23. The van der Waals surface area contributed by atoms with Gasteiger partial charge >= 0.3 is 11.9 Å². The molecule has 0 aliphatic carbocycles. The quantitative estimate of drug-likeness (QED) is 0.527. The highest BCUT2D eigenvalue weighted by Gasteiger charge is 2.26. The SMILES string of the molecule is CCCOC(=O)c1c(C)cc(OC(=O)c2c(C)cc(OC)c(C)c2OC)c(C)c1O. The van der Waals surface area contributed by atoms with Gasteiger partial charge in [-0.15, -0.1) is 0 Å². The van der Waals surface area contributed by atoms with Gasteiger partial charge in [0.25, 0.3) is 0 Å². The summed E-state index contributed by atoms with van der Waals surface area (Å²) in [6, 6.07) is 3.27. The van der Waals surface area contributed by atoms with E-state index >= 15 is 0 Å². The lowest BCUT2D eigenvalue weighted by molar-refractivity contribution is 0.0500. The topological polar surface area (TPSA) is 91.3 Å². The predicted molar refractivity (Wildman–Crippen MR) is 112 cm³/mol. The zero-order chi connectivity index (χ0) is 22.6. The predicted octanol–water partition coefficient (Wildman–Crippen LogP) is 4.43. The van der Waals surface area contributed by atoms with Crippen molar-refractivity contribution in [3.05, 3.63) is 45.5 Å². The van der Waals surface area contributed by atoms with E-state index in [1.54, 1.807) is 40.9 Å². The Morgan fingerprint density at radius 1 is 0.867 bits per heavy atom. The maximum Gasteiger partial charge on any atom is 0.347 e. The molecule has 0 fully saturated rings. The number of aromatic hydroxyl groups is 1. The molecule has 0 aromatic heterocycles. The number of rotatable bonds is 7. The normalized spacial score (nSPS) is 10.5. The molecule has 0 aliphatic rings. The maximum absolute atomic E-state index is 13.0. The van der Waals surface area contributed by atoms with Crippen LogP contribution in [0.4, 0.5) is 0 Å². The lowest BCUT2D eigenvalue weighted by atomic mass is 10.0. The van der Waals surface area contributed by atoms with Gasteiger partial charge in [0.05, 0.1) is 20.8 Å². The Morgan fingerprint density at radius 2 is 1.47 bits per heavy atom. The number of hydrogen-bond acceptors (Lipinski definition) is 7. The van der Waals surface area contributed by atoms with Gasteiger partial charge in [-0.3, -0.25) is 0 Å². The summed E-state index contributed by atoms with van der Waals surface area (Å²) in [5.74, 6) is -0.421. The van der Waals surface area contributed by atoms with Gasteiger partial charge in [0.1, 0.15) is 34.1 Å². The van der Waals surface area contributed by atoms with E-state index in [0.717, 1.165) is 0 Å². The van der Waals surface area contributed by atoms with Crippen LogP contribution in [0.3, 0.4) is 0 Å². The van der Waals surface area contributed by atoms with Crippen LogP contribution >= 0.6 is 0 Å². The standard InChI is InChI=1S/C23H28O7/c1-8-9-29-22(25)18-12(2)11-17(14(4)20(18)24)30-23(26)19-13(3)10-16(27-6)15(5)21(19)28-7/h10-11,24H,8-9H2,1-7H3. The van der Waals surface area contributed by atoms with Crippen molar-refractivity contribution in [2.24, 2.45) is 0 Å². The second kappa shape index (κ2) is 9.52. The minimum atomic E-state index is -0.640. The molecule has 0 amide bonds. The van der Waals surface area contributed by atoms with Crippen LogP contribution in [0, 0.1) is 27.7 Å². The Bertz CT molecular complexity index is 976. The van der Waals surface area contributed by atoms with E-state index in [0.29, 0.717) is 34.6 Å². The molecule has 7 nitrogen and oxygen atoms in total. The summed E-state index contributed by atoms with van der Waals surface area (Å²) in [6.07, 6.45) is 0.669. The highest BCUT2D eigenvalue weighted by molar-refractivity contribution is 5.98. The number of methoxy groups -OCH3 is 2. The molecule has 0 saturated heterocycles. The molecule has 0 atom stereocenters. The zero-order valence-corrected chi connectivity index (χ0v) is 18.5. The Morgan fingerprint density at radius 3 is 2.03 bits per heavy atom. The third kappa shape index (κ3) is 4.35. The lowest BCUT2D eigenvalue weighted by Crippen LogP contribution is -2.15. The van der Waals surface area contributed by atoms with E-state index in [2.05, 4.69) is 0 Å². The first kappa shape index (κ1) is 23.1. The second-order valence-corrected chi connectivity index (χ2v) is 6.99. The van der Waals surface area contributed by atoms with Gasteiger partial charge in [0, 0.05) is 11.1 Å². The summed E-state index contributed by atoms with van der Waals surface area (Å²) in [4.78, 5) is 25.2. The average molecular weight is 416 g/mol. The van der Waals surface area contributed by atoms with Gasteiger partial charge in [0.2, 0.25) is 0 Å². The summed E-state index contributed by atoms with van der Waals surface area (Å²) >= 11 is 0. The third-order valence-corrected chi connectivity index (χ3v) is 4.85. The Kier molecular flexibility index (Phi) is 7.32. The first-order valence-electron chi connectivity index (χ1n) is 9.62. The van der Waals surface area contributed by atoms with Crippen molar-refractivity contribution in [2.45, 2.75) is 41.0 Å². The molecule has 0 aliphatic heterocycles. The van der Waals surface area contributed by atoms with Crippen molar-refractivity contribution in [2.75, 3.05) is 20.8 Å². The molecule has 0 unspecified atom stereocenters. The molecule has 0 spiro atoms. The highest BCUT2D eigenvalue weighted by atomic mass is 16.5. The molecule has 30 heavy (non-hydrogen) atoms. The minimum Gasteiger partial charge on any atom is -0.507 e. The fourth-order valence-electron chi connectivity index (χ4n) is 3.23. The zero-order valence-electron chi connectivity index (χ0n) is 18.5. The van der Waals surface area contributed by atoms with Crippen LogP contribution < -0.4 is 14.2 Å². The van der Waals surface area contributed by atoms with Crippen LogP contribution in [0.15, 0.2) is 12.1 Å². The number of carbonyl (C=O) groups excluding carboxylic acids is 2. The summed E-state index contributed by atoms with van der Waals surface area (Å²) in [5.41, 5.74) is 2.32. The van der Waals surface area contributed by atoms with Gasteiger partial charge in [-0.1, -0.05) is 6.92 Å². The molecule has 1 N–H and O–H groups in total. The van der Waals surface area contributed by atoms with E-state index in [-0.39, 0.29) is 34.8 Å². The minimum absolute atomic E-state index is 0.0646. The third-order valence-electron chi connectivity index (χ3n) is 4.85. The van der Waals surface area contributed by atoms with Crippen LogP contribution in [0.5, 0.6) is 23.0 Å². The van der Waals surface area contributed by atoms with Crippen LogP contribution in [-0.4, -0.2) is 37.9 Å². The van der Waals surface area contributed by atoms with Crippen molar-refractivity contribution >= 4 is 11.9 Å². The summed E-state index contributed by atoms with van der Waals surface area (Å²) in [6.45, 7) is 8.88. The van der Waals surface area contributed by atoms with Crippen molar-refractivity contribution in [3.63, 3.8) is 0 Å². The summed E-state index contributed by atoms with van der Waals surface area (Å²) in [7, 11) is 3.01. The van der Waals surface area contributed by atoms with Gasteiger partial charge in [0.15, 0.2) is 0 Å². The number of carbonyl (C=O) groups is 2. The van der Waals surface area contributed by atoms with E-state index in [4.69, 9.17) is 18.9 Å². The fraction of sp³-hybridized carbons (Fsp3) is 0.391. The molecule has 0 saturated carbocycles. The van der Waals surface area contributed by atoms with Crippen LogP contribution in [0.1, 0.15) is 56.3 Å². The number of esters is 2. The molecule has 0 radical (unpaired) electrons. The molecule has 162 valence electrons. The maximum atomic E-state index is 13.0. The summed E-state index contributed by atoms with van der Waals surface area (Å²) in [5, 5.41) is 10.5. The first-order chi connectivity index (χ1) is 14.2. The van der Waals surface area contributed by atoms with Crippen LogP contribution in [0.2, 0.25) is 0 Å². The Labute approximate surface area is 176 Å². The van der Waals surface area contributed by atoms with Crippen LogP contribution in [-0.2, 0) is 4.74 Å². The van der Waals surface area contributed by atoms with Crippen molar-refractivity contribution < 1.29 is 33.6 Å². The molecular weight excluding hydrogens is 388 g/mol. The number of hydrogen-bond donors (Lipinski definition) is 1. The van der Waals surface area contributed by atoms with Gasteiger partial charge in [-0.2, -0.15) is 0 Å². The molecule has 2 rings (SSSR count). The van der Waals surface area contributed by atoms with Crippen LogP contribution in [0.25, 0.3) is 0 Å². The van der Waals surface area contributed by atoms with E-state index in [1.807, 2.05) is 6.92 Å². The van der Waals surface area contributed by atoms with E-state index in [9.17, 15) is 14.7 Å². The Hall–Kier alpha value is -3.22. The molecule has 2 aromatic carbocycles.